The molecule has 1 aromatic rings. The van der Waals surface area contributed by atoms with Gasteiger partial charge in [-0.25, -0.2) is 14.0 Å². The molecule has 30 heavy (non-hydrogen) atoms. The summed E-state index contributed by atoms with van der Waals surface area (Å²) in [5.74, 6) is -0.740. The molecule has 1 aliphatic heterocycles. The molecule has 2 heterocycles. The van der Waals surface area contributed by atoms with E-state index >= 15 is 0 Å². The zero-order chi connectivity index (χ0) is 21.9. The van der Waals surface area contributed by atoms with Crippen LogP contribution in [0.2, 0.25) is 0 Å². The van der Waals surface area contributed by atoms with Crippen LogP contribution in [0.25, 0.3) is 0 Å². The van der Waals surface area contributed by atoms with Gasteiger partial charge in [-0.05, 0) is 31.6 Å². The summed E-state index contributed by atoms with van der Waals surface area (Å²) in [6.45, 7) is 8.74. The lowest BCUT2D eigenvalue weighted by Crippen LogP contribution is -2.48. The second-order valence-corrected chi connectivity index (χ2v) is 6.77. The lowest BCUT2D eigenvalue weighted by Gasteiger charge is -2.33. The molecule has 2 rings (SSSR count). The number of methoxy groups -OCH3 is 1. The number of allylic oxidation sites excluding steroid dienone is 3. The third kappa shape index (κ3) is 7.67. The lowest BCUT2D eigenvalue weighted by molar-refractivity contribution is 0.0916. The van der Waals surface area contributed by atoms with Gasteiger partial charge < -0.3 is 20.3 Å². The molecule has 1 saturated heterocycles. The highest BCUT2D eigenvalue weighted by Gasteiger charge is 2.20. The van der Waals surface area contributed by atoms with Crippen LogP contribution in [0.3, 0.4) is 0 Å². The third-order valence-corrected chi connectivity index (χ3v) is 4.53. The van der Waals surface area contributed by atoms with E-state index < -0.39 is 11.9 Å². The van der Waals surface area contributed by atoms with Gasteiger partial charge in [0.25, 0.3) is 0 Å². The van der Waals surface area contributed by atoms with Gasteiger partial charge in [-0.3, -0.25) is 9.88 Å². The van der Waals surface area contributed by atoms with Crippen molar-refractivity contribution in [2.75, 3.05) is 45.2 Å². The molecule has 0 saturated carbocycles. The Bertz CT molecular complexity index is 799. The van der Waals surface area contributed by atoms with E-state index in [-0.39, 0.29) is 11.8 Å². The summed E-state index contributed by atoms with van der Waals surface area (Å²) in [7, 11) is 1.38. The van der Waals surface area contributed by atoms with Crippen molar-refractivity contribution in [3.05, 3.63) is 60.4 Å². The SMILES string of the molecule is C=C(F)/C(=C\C=C/CCN1CCN(C(=O)OC)CC1)NC(=O)Nc1ccc(C)nc1. The van der Waals surface area contributed by atoms with Gasteiger partial charge in [-0.1, -0.05) is 18.7 Å². The molecule has 0 radical (unpaired) electrons. The molecule has 0 aliphatic carbocycles. The number of aryl methyl sites for hydroxylation is 1. The zero-order valence-corrected chi connectivity index (χ0v) is 17.4. The Morgan fingerprint density at radius 2 is 2.03 bits per heavy atom. The Hall–Kier alpha value is -3.20. The fourth-order valence-electron chi connectivity index (χ4n) is 2.83. The maximum absolute atomic E-state index is 13.6. The Morgan fingerprint density at radius 1 is 1.30 bits per heavy atom. The molecule has 0 aromatic carbocycles. The molecular weight excluding hydrogens is 389 g/mol. The number of hydrogen-bond acceptors (Lipinski definition) is 5. The molecule has 9 heteroatoms. The molecule has 1 fully saturated rings. The molecular formula is C21H28FN5O3. The van der Waals surface area contributed by atoms with Crippen LogP contribution in [-0.2, 0) is 4.74 Å². The van der Waals surface area contributed by atoms with Crippen molar-refractivity contribution in [3.63, 3.8) is 0 Å². The highest BCUT2D eigenvalue weighted by Crippen LogP contribution is 2.09. The highest BCUT2D eigenvalue weighted by atomic mass is 19.1. The van der Waals surface area contributed by atoms with Crippen LogP contribution in [0.5, 0.6) is 0 Å². The number of nitrogens with zero attached hydrogens (tertiary/aromatic N) is 3. The van der Waals surface area contributed by atoms with Gasteiger partial charge in [-0.15, -0.1) is 0 Å². The van der Waals surface area contributed by atoms with Crippen LogP contribution < -0.4 is 10.6 Å². The van der Waals surface area contributed by atoms with E-state index in [1.807, 2.05) is 13.0 Å². The minimum absolute atomic E-state index is 0.0180. The summed E-state index contributed by atoms with van der Waals surface area (Å²) in [4.78, 5) is 31.5. The third-order valence-electron chi connectivity index (χ3n) is 4.53. The van der Waals surface area contributed by atoms with Crippen LogP contribution >= 0.6 is 0 Å². The van der Waals surface area contributed by atoms with Crippen molar-refractivity contribution in [3.8, 4) is 0 Å². The number of pyridine rings is 1. The van der Waals surface area contributed by atoms with Crippen molar-refractivity contribution < 1.29 is 18.7 Å². The molecule has 0 atom stereocenters. The number of ether oxygens (including phenoxy) is 1. The molecule has 0 spiro atoms. The number of nitrogens with one attached hydrogen (secondary N) is 2. The molecule has 162 valence electrons. The van der Waals surface area contributed by atoms with E-state index in [0.717, 1.165) is 31.7 Å². The van der Waals surface area contributed by atoms with E-state index in [1.165, 1.54) is 19.4 Å². The van der Waals surface area contributed by atoms with E-state index in [1.54, 1.807) is 23.1 Å². The maximum Gasteiger partial charge on any atom is 0.409 e. The fraction of sp³-hybridized carbons (Fsp3) is 0.381. The molecule has 3 amide bonds. The fourth-order valence-corrected chi connectivity index (χ4v) is 2.83. The number of halogens is 1. The van der Waals surface area contributed by atoms with Crippen molar-refractivity contribution in [1.82, 2.24) is 20.1 Å². The minimum atomic E-state index is -0.740. The van der Waals surface area contributed by atoms with Crippen molar-refractivity contribution in [2.45, 2.75) is 13.3 Å². The van der Waals surface area contributed by atoms with Gasteiger partial charge in [0.15, 0.2) is 0 Å². The number of amides is 3. The van der Waals surface area contributed by atoms with Crippen molar-refractivity contribution >= 4 is 17.8 Å². The van der Waals surface area contributed by atoms with Crippen LogP contribution in [0.4, 0.5) is 19.7 Å². The number of carbonyl (C=O) groups excluding carboxylic acids is 2. The molecule has 1 aliphatic rings. The summed E-state index contributed by atoms with van der Waals surface area (Å²) in [5.41, 5.74) is 1.31. The van der Waals surface area contributed by atoms with Crippen LogP contribution in [0.15, 0.2) is 54.7 Å². The van der Waals surface area contributed by atoms with Crippen molar-refractivity contribution in [2.24, 2.45) is 0 Å². The Morgan fingerprint density at radius 3 is 2.63 bits per heavy atom. The van der Waals surface area contributed by atoms with Gasteiger partial charge in [0.05, 0.1) is 24.7 Å². The second kappa shape index (κ2) is 11.7. The average Bonchev–Trinajstić information content (AvgIpc) is 2.74. The number of urea groups is 1. The summed E-state index contributed by atoms with van der Waals surface area (Å²) >= 11 is 0. The standard InChI is InChI=1S/C21H28FN5O3/c1-16-8-9-18(15-23-16)24-20(28)25-19(17(2)22)7-5-4-6-10-26-11-13-27(14-12-26)21(29)30-3/h4-5,7-9,15H,2,6,10-14H2,1,3H3,(H2,24,25,28)/b5-4-,19-7+. The largest absolute Gasteiger partial charge is 0.453 e. The van der Waals surface area contributed by atoms with Crippen LogP contribution in [0.1, 0.15) is 12.1 Å². The average molecular weight is 417 g/mol. The van der Waals surface area contributed by atoms with Gasteiger partial charge in [0.1, 0.15) is 5.83 Å². The van der Waals surface area contributed by atoms with E-state index in [4.69, 9.17) is 4.74 Å². The first-order chi connectivity index (χ1) is 14.4. The quantitative estimate of drug-likeness (QED) is 0.666. The smallest absolute Gasteiger partial charge is 0.409 e. The number of anilines is 1. The summed E-state index contributed by atoms with van der Waals surface area (Å²) in [6.07, 6.45) is 7.01. The molecule has 0 bridgehead atoms. The maximum atomic E-state index is 13.6. The minimum Gasteiger partial charge on any atom is -0.453 e. The first kappa shape index (κ1) is 23.1. The Kier molecular flexibility index (Phi) is 9.02. The topological polar surface area (TPSA) is 86.8 Å². The first-order valence-electron chi connectivity index (χ1n) is 9.66. The molecule has 1 aromatic heterocycles. The second-order valence-electron chi connectivity index (χ2n) is 6.77. The monoisotopic (exact) mass is 417 g/mol. The van der Waals surface area contributed by atoms with Crippen LogP contribution in [0, 0.1) is 6.92 Å². The normalized spacial score (nSPS) is 15.2. The predicted octanol–water partition coefficient (Wildman–Crippen LogP) is 3.21. The Labute approximate surface area is 176 Å². The van der Waals surface area contributed by atoms with E-state index in [9.17, 15) is 14.0 Å². The highest BCUT2D eigenvalue weighted by molar-refractivity contribution is 5.90. The van der Waals surface area contributed by atoms with Gasteiger partial charge in [0.2, 0.25) is 0 Å². The van der Waals surface area contributed by atoms with E-state index in [0.29, 0.717) is 18.8 Å². The van der Waals surface area contributed by atoms with Gasteiger partial charge >= 0.3 is 12.1 Å². The number of hydrogen-bond donors (Lipinski definition) is 2. The first-order valence-corrected chi connectivity index (χ1v) is 9.66. The molecule has 8 nitrogen and oxygen atoms in total. The summed E-state index contributed by atoms with van der Waals surface area (Å²) in [5, 5.41) is 5.02. The lowest BCUT2D eigenvalue weighted by atomic mass is 10.2. The van der Waals surface area contributed by atoms with E-state index in [2.05, 4.69) is 27.1 Å². The van der Waals surface area contributed by atoms with Gasteiger partial charge in [-0.2, -0.15) is 0 Å². The predicted molar refractivity (Wildman–Crippen MR) is 114 cm³/mol. The number of piperazine rings is 1. The molecule has 0 unspecified atom stereocenters. The molecule has 2 N–H and O–H groups in total. The van der Waals surface area contributed by atoms with Crippen LogP contribution in [-0.4, -0.2) is 66.7 Å². The number of carbonyl (C=O) groups is 2. The summed E-state index contributed by atoms with van der Waals surface area (Å²) < 4.78 is 18.4. The van der Waals surface area contributed by atoms with Crippen molar-refractivity contribution in [1.29, 1.82) is 0 Å². The Balaban J connectivity index is 1.76. The zero-order valence-electron chi connectivity index (χ0n) is 17.4. The van der Waals surface area contributed by atoms with Gasteiger partial charge in [0, 0.05) is 38.4 Å². The number of aromatic nitrogens is 1. The summed E-state index contributed by atoms with van der Waals surface area (Å²) in [6, 6.07) is 2.89. The number of rotatable bonds is 7.